The summed E-state index contributed by atoms with van der Waals surface area (Å²) in [5, 5.41) is 0.975. The van der Waals surface area contributed by atoms with Crippen molar-refractivity contribution >= 4 is 28.8 Å². The molecule has 1 aromatic heterocycles. The second-order valence-electron chi connectivity index (χ2n) is 7.83. The number of thiazole rings is 1. The Bertz CT molecular complexity index is 1080. The van der Waals surface area contributed by atoms with Crippen LogP contribution >= 0.6 is 11.3 Å². The van der Waals surface area contributed by atoms with Crippen LogP contribution in [-0.2, 0) is 11.2 Å². The number of nitrogens with two attached hydrogens (primary N) is 1. The fourth-order valence-corrected chi connectivity index (χ4v) is 4.78. The van der Waals surface area contributed by atoms with Gasteiger partial charge in [0.1, 0.15) is 0 Å². The van der Waals surface area contributed by atoms with Gasteiger partial charge in [0.2, 0.25) is 11.8 Å². The number of benzene rings is 2. The molecule has 4 rings (SSSR count). The molecule has 6 nitrogen and oxygen atoms in total. The SMILES string of the molecule is Cc1ccc(-c2nc(C)sc2CC(=O)N2CCN(c3ccc(C(N)=O)cc3)CC2)cc1. The molecule has 2 aromatic carbocycles. The molecule has 0 atom stereocenters. The lowest BCUT2D eigenvalue weighted by molar-refractivity contribution is -0.130. The smallest absolute Gasteiger partial charge is 0.248 e. The number of aryl methyl sites for hydroxylation is 2. The number of carbonyl (C=O) groups excluding carboxylic acids is 2. The van der Waals surface area contributed by atoms with Gasteiger partial charge >= 0.3 is 0 Å². The lowest BCUT2D eigenvalue weighted by atomic mass is 10.1. The van der Waals surface area contributed by atoms with Gasteiger partial charge in [0.15, 0.2) is 0 Å². The quantitative estimate of drug-likeness (QED) is 0.667. The Balaban J connectivity index is 1.40. The van der Waals surface area contributed by atoms with Gasteiger partial charge in [-0.05, 0) is 38.1 Å². The third-order valence-electron chi connectivity index (χ3n) is 5.59. The lowest BCUT2D eigenvalue weighted by Gasteiger charge is -2.36. The predicted molar refractivity (Wildman–Crippen MR) is 124 cm³/mol. The van der Waals surface area contributed by atoms with Crippen LogP contribution in [0.2, 0.25) is 0 Å². The molecule has 1 saturated heterocycles. The van der Waals surface area contributed by atoms with E-state index >= 15 is 0 Å². The van der Waals surface area contributed by atoms with Crippen molar-refractivity contribution in [2.45, 2.75) is 20.3 Å². The number of primary amides is 1. The summed E-state index contributed by atoms with van der Waals surface area (Å²) in [6.45, 7) is 6.91. The zero-order valence-corrected chi connectivity index (χ0v) is 18.6. The monoisotopic (exact) mass is 434 g/mol. The first-order valence-corrected chi connectivity index (χ1v) is 11.2. The first-order valence-electron chi connectivity index (χ1n) is 10.4. The van der Waals surface area contributed by atoms with Crippen LogP contribution in [0.15, 0.2) is 48.5 Å². The number of hydrogen-bond acceptors (Lipinski definition) is 5. The Morgan fingerprint density at radius 3 is 2.23 bits per heavy atom. The maximum Gasteiger partial charge on any atom is 0.248 e. The van der Waals surface area contributed by atoms with Gasteiger partial charge in [0.05, 0.1) is 17.1 Å². The van der Waals surface area contributed by atoms with E-state index in [1.54, 1.807) is 23.5 Å². The normalized spacial score (nSPS) is 14.0. The number of nitrogens with zero attached hydrogens (tertiary/aromatic N) is 3. The van der Waals surface area contributed by atoms with Crippen LogP contribution in [0.3, 0.4) is 0 Å². The molecule has 7 heteroatoms. The van der Waals surface area contributed by atoms with Crippen LogP contribution in [0.4, 0.5) is 5.69 Å². The minimum Gasteiger partial charge on any atom is -0.368 e. The van der Waals surface area contributed by atoms with E-state index in [0.29, 0.717) is 25.1 Å². The molecule has 0 radical (unpaired) electrons. The van der Waals surface area contributed by atoms with Crippen LogP contribution in [0.25, 0.3) is 11.3 Å². The highest BCUT2D eigenvalue weighted by Gasteiger charge is 2.23. The summed E-state index contributed by atoms with van der Waals surface area (Å²) < 4.78 is 0. The molecule has 0 saturated carbocycles. The van der Waals surface area contributed by atoms with Gasteiger partial charge in [-0.15, -0.1) is 11.3 Å². The van der Waals surface area contributed by atoms with Gasteiger partial charge in [-0.1, -0.05) is 29.8 Å². The molecule has 0 unspecified atom stereocenters. The molecule has 3 aromatic rings. The maximum atomic E-state index is 13.0. The Hall–Kier alpha value is -3.19. The molecule has 0 spiro atoms. The lowest BCUT2D eigenvalue weighted by Crippen LogP contribution is -2.49. The first kappa shape index (κ1) is 21.1. The van der Waals surface area contributed by atoms with Crippen molar-refractivity contribution in [3.63, 3.8) is 0 Å². The summed E-state index contributed by atoms with van der Waals surface area (Å²) in [5.74, 6) is -0.286. The van der Waals surface area contributed by atoms with Gasteiger partial charge in [-0.25, -0.2) is 4.98 Å². The van der Waals surface area contributed by atoms with Gasteiger partial charge in [0.25, 0.3) is 0 Å². The molecule has 2 N–H and O–H groups in total. The van der Waals surface area contributed by atoms with Gasteiger partial charge in [0, 0.05) is 47.9 Å². The first-order chi connectivity index (χ1) is 14.9. The average molecular weight is 435 g/mol. The van der Waals surface area contributed by atoms with E-state index in [1.807, 2.05) is 24.0 Å². The number of aromatic nitrogens is 1. The Morgan fingerprint density at radius 2 is 1.61 bits per heavy atom. The van der Waals surface area contributed by atoms with E-state index in [0.717, 1.165) is 39.9 Å². The van der Waals surface area contributed by atoms with Crippen LogP contribution in [0, 0.1) is 13.8 Å². The largest absolute Gasteiger partial charge is 0.368 e. The molecule has 1 aliphatic rings. The Labute approximate surface area is 186 Å². The number of piperazine rings is 1. The minimum atomic E-state index is -0.426. The molecule has 2 heterocycles. The van der Waals surface area contributed by atoms with Crippen molar-refractivity contribution < 1.29 is 9.59 Å². The van der Waals surface area contributed by atoms with Crippen LogP contribution in [0.5, 0.6) is 0 Å². The van der Waals surface area contributed by atoms with Crippen molar-refractivity contribution in [3.05, 3.63) is 69.5 Å². The van der Waals surface area contributed by atoms with E-state index in [4.69, 9.17) is 5.73 Å². The number of hydrogen-bond donors (Lipinski definition) is 1. The molecular weight excluding hydrogens is 408 g/mol. The number of amides is 2. The molecule has 160 valence electrons. The summed E-state index contributed by atoms with van der Waals surface area (Å²) in [7, 11) is 0. The van der Waals surface area contributed by atoms with Crippen molar-refractivity contribution in [2.75, 3.05) is 31.1 Å². The van der Waals surface area contributed by atoms with E-state index in [2.05, 4.69) is 41.1 Å². The highest BCUT2D eigenvalue weighted by Crippen LogP contribution is 2.29. The average Bonchev–Trinajstić information content (AvgIpc) is 3.14. The molecule has 1 fully saturated rings. The predicted octanol–water partition coefficient (Wildman–Crippen LogP) is 3.42. The summed E-state index contributed by atoms with van der Waals surface area (Å²) in [6, 6.07) is 15.6. The van der Waals surface area contributed by atoms with Crippen LogP contribution in [0.1, 0.15) is 25.8 Å². The third kappa shape index (κ3) is 4.77. The van der Waals surface area contributed by atoms with Crippen molar-refractivity contribution in [2.24, 2.45) is 5.73 Å². The van der Waals surface area contributed by atoms with E-state index in [9.17, 15) is 9.59 Å². The zero-order valence-electron chi connectivity index (χ0n) is 17.8. The van der Waals surface area contributed by atoms with Crippen molar-refractivity contribution in [3.8, 4) is 11.3 Å². The van der Waals surface area contributed by atoms with Crippen molar-refractivity contribution in [1.82, 2.24) is 9.88 Å². The fraction of sp³-hybridized carbons (Fsp3) is 0.292. The third-order valence-corrected chi connectivity index (χ3v) is 6.56. The van der Waals surface area contributed by atoms with Crippen LogP contribution in [-0.4, -0.2) is 47.9 Å². The number of rotatable bonds is 5. The summed E-state index contributed by atoms with van der Waals surface area (Å²) >= 11 is 1.60. The van der Waals surface area contributed by atoms with Crippen molar-refractivity contribution in [1.29, 1.82) is 0 Å². The van der Waals surface area contributed by atoms with E-state index in [1.165, 1.54) is 5.56 Å². The maximum absolute atomic E-state index is 13.0. The molecule has 1 aliphatic heterocycles. The topological polar surface area (TPSA) is 79.5 Å². The number of anilines is 1. The van der Waals surface area contributed by atoms with Gasteiger partial charge in [-0.3, -0.25) is 9.59 Å². The van der Waals surface area contributed by atoms with Gasteiger partial charge < -0.3 is 15.5 Å². The second kappa shape index (κ2) is 8.89. The summed E-state index contributed by atoms with van der Waals surface area (Å²) in [6.07, 6.45) is 0.377. The molecule has 2 amide bonds. The molecule has 0 aliphatic carbocycles. The minimum absolute atomic E-state index is 0.140. The summed E-state index contributed by atoms with van der Waals surface area (Å²) in [4.78, 5) is 34.1. The van der Waals surface area contributed by atoms with E-state index < -0.39 is 5.91 Å². The molecule has 0 bridgehead atoms. The van der Waals surface area contributed by atoms with Gasteiger partial charge in [-0.2, -0.15) is 0 Å². The van der Waals surface area contributed by atoms with E-state index in [-0.39, 0.29) is 5.91 Å². The van der Waals surface area contributed by atoms with Crippen LogP contribution < -0.4 is 10.6 Å². The standard InChI is InChI=1S/C24H26N4O2S/c1-16-3-5-18(6-4-16)23-21(31-17(2)26-23)15-22(29)28-13-11-27(12-14-28)20-9-7-19(8-10-20)24(25)30/h3-10H,11-15H2,1-2H3,(H2,25,30). The Kier molecular flexibility index (Phi) is 6.04. The Morgan fingerprint density at radius 1 is 0.968 bits per heavy atom. The highest BCUT2D eigenvalue weighted by molar-refractivity contribution is 7.12. The summed E-state index contributed by atoms with van der Waals surface area (Å²) in [5.41, 5.74) is 10.0. The highest BCUT2D eigenvalue weighted by atomic mass is 32.1. The molecule has 31 heavy (non-hydrogen) atoms. The zero-order chi connectivity index (χ0) is 22.0. The number of carbonyl (C=O) groups is 2. The molecular formula is C24H26N4O2S. The fourth-order valence-electron chi connectivity index (χ4n) is 3.83. The second-order valence-corrected chi connectivity index (χ2v) is 9.11.